The largest absolute Gasteiger partial charge is 0.306 e. The molecule has 3 rings (SSSR count). The molecule has 0 bridgehead atoms. The number of aromatic nitrogens is 2. The predicted octanol–water partition coefficient (Wildman–Crippen LogP) is 3.14. The van der Waals surface area contributed by atoms with Gasteiger partial charge < -0.3 is 4.90 Å². The zero-order valence-corrected chi connectivity index (χ0v) is 12.2. The molecule has 0 amide bonds. The van der Waals surface area contributed by atoms with Crippen LogP contribution in [0.25, 0.3) is 10.9 Å². The minimum Gasteiger partial charge on any atom is -0.306 e. The molecular weight excluding hydrogens is 290 g/mol. The Balaban J connectivity index is 1.78. The Morgan fingerprint density at radius 3 is 2.89 bits per heavy atom. The fourth-order valence-electron chi connectivity index (χ4n) is 2.69. The van der Waals surface area contributed by atoms with E-state index in [2.05, 4.69) is 55.9 Å². The zero-order chi connectivity index (χ0) is 12.5. The molecule has 4 heteroatoms. The Bertz CT molecular complexity index is 541. The number of likely N-dealkylation sites (tertiary alicyclic amines) is 1. The summed E-state index contributed by atoms with van der Waals surface area (Å²) in [6.45, 7) is 3.49. The second kappa shape index (κ2) is 5.02. The van der Waals surface area contributed by atoms with Crippen molar-refractivity contribution in [2.45, 2.75) is 19.4 Å². The van der Waals surface area contributed by atoms with E-state index in [1.54, 1.807) is 0 Å². The summed E-state index contributed by atoms with van der Waals surface area (Å²) in [6.07, 6.45) is 4.54. The second-order valence-electron chi connectivity index (χ2n) is 5.28. The number of rotatable bonds is 2. The maximum Gasteiger partial charge on any atom is 0.0683 e. The Kier molecular flexibility index (Phi) is 3.39. The first-order valence-corrected chi connectivity index (χ1v) is 7.31. The summed E-state index contributed by atoms with van der Waals surface area (Å²) in [5.41, 5.74) is 1.25. The third-order valence-corrected chi connectivity index (χ3v) is 4.37. The summed E-state index contributed by atoms with van der Waals surface area (Å²) in [4.78, 5) is 2.41. The first-order chi connectivity index (χ1) is 8.72. The summed E-state index contributed by atoms with van der Waals surface area (Å²) in [7, 11) is 2.21. The van der Waals surface area contributed by atoms with Gasteiger partial charge in [0, 0.05) is 16.4 Å². The van der Waals surface area contributed by atoms with Gasteiger partial charge in [-0.05, 0) is 57.1 Å². The van der Waals surface area contributed by atoms with Crippen LogP contribution < -0.4 is 0 Å². The first kappa shape index (κ1) is 12.2. The molecule has 1 aromatic carbocycles. The smallest absolute Gasteiger partial charge is 0.0683 e. The lowest BCUT2D eigenvalue weighted by molar-refractivity contribution is 0.203. The number of piperidine rings is 1. The lowest BCUT2D eigenvalue weighted by atomic mass is 9.97. The molecular formula is C14H18BrN3. The molecule has 1 saturated heterocycles. The van der Waals surface area contributed by atoms with E-state index in [-0.39, 0.29) is 0 Å². The lowest BCUT2D eigenvalue weighted by Gasteiger charge is -2.28. The molecule has 18 heavy (non-hydrogen) atoms. The zero-order valence-electron chi connectivity index (χ0n) is 10.6. The second-order valence-corrected chi connectivity index (χ2v) is 6.19. The van der Waals surface area contributed by atoms with Gasteiger partial charge in [0.05, 0.1) is 11.7 Å². The summed E-state index contributed by atoms with van der Waals surface area (Å²) in [5.74, 6) is 0.771. The van der Waals surface area contributed by atoms with E-state index in [1.165, 1.54) is 36.8 Å². The minimum absolute atomic E-state index is 0.771. The van der Waals surface area contributed by atoms with Gasteiger partial charge in [0.1, 0.15) is 0 Å². The number of hydrogen-bond acceptors (Lipinski definition) is 2. The van der Waals surface area contributed by atoms with Crippen LogP contribution in [-0.2, 0) is 6.54 Å². The Labute approximate surface area is 116 Å². The molecule has 0 radical (unpaired) electrons. The SMILES string of the molecule is CN1CCC(Cn2ncc3cc(Br)ccc32)CC1. The Hall–Kier alpha value is -0.870. The highest BCUT2D eigenvalue weighted by Gasteiger charge is 2.18. The van der Waals surface area contributed by atoms with Gasteiger partial charge in [-0.15, -0.1) is 0 Å². The van der Waals surface area contributed by atoms with Gasteiger partial charge in [0.15, 0.2) is 0 Å². The molecule has 1 aromatic heterocycles. The normalized spacial score (nSPS) is 18.6. The van der Waals surface area contributed by atoms with Gasteiger partial charge in [-0.3, -0.25) is 4.68 Å². The van der Waals surface area contributed by atoms with Gasteiger partial charge in [-0.1, -0.05) is 15.9 Å². The molecule has 0 spiro atoms. The minimum atomic E-state index is 0.771. The number of hydrogen-bond donors (Lipinski definition) is 0. The molecule has 0 unspecified atom stereocenters. The van der Waals surface area contributed by atoms with Crippen molar-refractivity contribution in [3.63, 3.8) is 0 Å². The van der Waals surface area contributed by atoms with E-state index < -0.39 is 0 Å². The molecule has 2 heterocycles. The van der Waals surface area contributed by atoms with Crippen LogP contribution in [0.4, 0.5) is 0 Å². The van der Waals surface area contributed by atoms with Crippen LogP contribution in [0.5, 0.6) is 0 Å². The highest BCUT2D eigenvalue weighted by Crippen LogP contribution is 2.23. The lowest BCUT2D eigenvalue weighted by Crippen LogP contribution is -2.32. The van der Waals surface area contributed by atoms with E-state index in [0.717, 1.165) is 16.9 Å². The molecule has 1 aliphatic rings. The Morgan fingerprint density at radius 2 is 2.11 bits per heavy atom. The maximum absolute atomic E-state index is 4.53. The third-order valence-electron chi connectivity index (χ3n) is 3.87. The van der Waals surface area contributed by atoms with Crippen LogP contribution in [-0.4, -0.2) is 34.8 Å². The van der Waals surface area contributed by atoms with Gasteiger partial charge in [-0.2, -0.15) is 5.10 Å². The van der Waals surface area contributed by atoms with Gasteiger partial charge in [-0.25, -0.2) is 0 Å². The van der Waals surface area contributed by atoms with Crippen LogP contribution in [0.2, 0.25) is 0 Å². The highest BCUT2D eigenvalue weighted by molar-refractivity contribution is 9.10. The molecule has 0 atom stereocenters. The standard InChI is InChI=1S/C14H18BrN3/c1-17-6-4-11(5-7-17)10-18-14-3-2-13(15)8-12(14)9-16-18/h2-3,8-9,11H,4-7,10H2,1H3. The Morgan fingerprint density at radius 1 is 1.33 bits per heavy atom. The molecule has 0 saturated carbocycles. The van der Waals surface area contributed by atoms with E-state index in [9.17, 15) is 0 Å². The van der Waals surface area contributed by atoms with Crippen molar-refractivity contribution >= 4 is 26.8 Å². The average Bonchev–Trinajstić information content (AvgIpc) is 2.74. The average molecular weight is 308 g/mol. The fourth-order valence-corrected chi connectivity index (χ4v) is 3.07. The van der Waals surface area contributed by atoms with Gasteiger partial charge in [0.25, 0.3) is 0 Å². The molecule has 1 fully saturated rings. The quantitative estimate of drug-likeness (QED) is 0.850. The fraction of sp³-hybridized carbons (Fsp3) is 0.500. The predicted molar refractivity (Wildman–Crippen MR) is 77.7 cm³/mol. The van der Waals surface area contributed by atoms with Crippen LogP contribution >= 0.6 is 15.9 Å². The van der Waals surface area contributed by atoms with Crippen molar-refractivity contribution in [1.29, 1.82) is 0 Å². The molecule has 0 aliphatic carbocycles. The van der Waals surface area contributed by atoms with E-state index in [0.29, 0.717) is 0 Å². The van der Waals surface area contributed by atoms with Crippen LogP contribution in [0.15, 0.2) is 28.9 Å². The summed E-state index contributed by atoms with van der Waals surface area (Å²) in [6, 6.07) is 6.38. The number of fused-ring (bicyclic) bond motifs is 1. The van der Waals surface area contributed by atoms with E-state index in [1.807, 2.05) is 6.20 Å². The topological polar surface area (TPSA) is 21.1 Å². The summed E-state index contributed by atoms with van der Waals surface area (Å²) < 4.78 is 3.28. The highest BCUT2D eigenvalue weighted by atomic mass is 79.9. The molecule has 96 valence electrons. The van der Waals surface area contributed by atoms with Crippen molar-refractivity contribution in [2.24, 2.45) is 5.92 Å². The van der Waals surface area contributed by atoms with Crippen molar-refractivity contribution in [3.8, 4) is 0 Å². The molecule has 0 N–H and O–H groups in total. The van der Waals surface area contributed by atoms with Crippen LogP contribution in [0.1, 0.15) is 12.8 Å². The number of benzene rings is 1. The maximum atomic E-state index is 4.53. The summed E-state index contributed by atoms with van der Waals surface area (Å²) in [5, 5.41) is 5.75. The summed E-state index contributed by atoms with van der Waals surface area (Å²) >= 11 is 3.50. The van der Waals surface area contributed by atoms with Crippen LogP contribution in [0, 0.1) is 5.92 Å². The van der Waals surface area contributed by atoms with Crippen molar-refractivity contribution in [2.75, 3.05) is 20.1 Å². The van der Waals surface area contributed by atoms with E-state index >= 15 is 0 Å². The molecule has 3 nitrogen and oxygen atoms in total. The van der Waals surface area contributed by atoms with Crippen molar-refractivity contribution in [1.82, 2.24) is 14.7 Å². The molecule has 2 aromatic rings. The third kappa shape index (κ3) is 2.45. The van der Waals surface area contributed by atoms with E-state index in [4.69, 9.17) is 0 Å². The van der Waals surface area contributed by atoms with Crippen molar-refractivity contribution < 1.29 is 0 Å². The number of halogens is 1. The van der Waals surface area contributed by atoms with Crippen LogP contribution in [0.3, 0.4) is 0 Å². The van der Waals surface area contributed by atoms with Gasteiger partial charge in [0.2, 0.25) is 0 Å². The monoisotopic (exact) mass is 307 g/mol. The van der Waals surface area contributed by atoms with Crippen molar-refractivity contribution in [3.05, 3.63) is 28.9 Å². The van der Waals surface area contributed by atoms with Gasteiger partial charge >= 0.3 is 0 Å². The molecule has 1 aliphatic heterocycles. The number of nitrogens with zero attached hydrogens (tertiary/aromatic N) is 3. The first-order valence-electron chi connectivity index (χ1n) is 6.52.